The number of carbonyl (C=O) groups excluding carboxylic acids is 2. The Kier molecular flexibility index (Phi) is 8.33. The van der Waals surface area contributed by atoms with Crippen LogP contribution in [0.4, 0.5) is 24.3 Å². The van der Waals surface area contributed by atoms with Gasteiger partial charge in [0.25, 0.3) is 5.91 Å². The molecule has 3 heterocycles. The smallest absolute Gasteiger partial charge is 0.412 e. The van der Waals surface area contributed by atoms with Crippen molar-refractivity contribution in [1.29, 1.82) is 0 Å². The van der Waals surface area contributed by atoms with Crippen LogP contribution in [-0.4, -0.2) is 45.6 Å². The quantitative estimate of drug-likeness (QED) is 0.373. The highest BCUT2D eigenvalue weighted by Crippen LogP contribution is 2.41. The maximum atomic E-state index is 14.6. The van der Waals surface area contributed by atoms with E-state index in [0.29, 0.717) is 31.0 Å². The van der Waals surface area contributed by atoms with Crippen LogP contribution in [0.5, 0.6) is 0 Å². The fourth-order valence-corrected chi connectivity index (χ4v) is 5.29. The number of nitrogens with one attached hydrogen (secondary N) is 2. The zero-order chi connectivity index (χ0) is 28.4. The number of thiazole rings is 1. The second kappa shape index (κ2) is 11.4. The molecule has 0 radical (unpaired) electrons. The third kappa shape index (κ3) is 6.26. The molecule has 0 bridgehead atoms. The minimum Gasteiger partial charge on any atom is -0.444 e. The monoisotopic (exact) mass is 563 g/mol. The molecule has 10 nitrogen and oxygen atoms in total. The lowest BCUT2D eigenvalue weighted by atomic mass is 10.0. The normalized spacial score (nSPS) is 17.6. The predicted molar refractivity (Wildman–Crippen MR) is 142 cm³/mol. The van der Waals surface area contributed by atoms with Crippen molar-refractivity contribution in [2.45, 2.75) is 58.3 Å². The first-order valence-corrected chi connectivity index (χ1v) is 13.3. The lowest BCUT2D eigenvalue weighted by Crippen LogP contribution is -2.39. The van der Waals surface area contributed by atoms with E-state index in [4.69, 9.17) is 14.2 Å². The van der Waals surface area contributed by atoms with E-state index >= 15 is 0 Å². The summed E-state index contributed by atoms with van der Waals surface area (Å²) in [7, 11) is 1.71. The molecule has 0 saturated carbocycles. The molecule has 1 unspecified atom stereocenters. The van der Waals surface area contributed by atoms with Crippen LogP contribution in [0, 0.1) is 11.6 Å². The summed E-state index contributed by atoms with van der Waals surface area (Å²) in [4.78, 5) is 30.3. The highest BCUT2D eigenvalue weighted by atomic mass is 32.1. The third-order valence-electron chi connectivity index (χ3n) is 5.79. The van der Waals surface area contributed by atoms with Gasteiger partial charge < -0.3 is 19.5 Å². The van der Waals surface area contributed by atoms with Crippen molar-refractivity contribution in [3.8, 4) is 10.6 Å². The second-order valence-electron chi connectivity index (χ2n) is 9.90. The zero-order valence-electron chi connectivity index (χ0n) is 22.4. The number of amides is 2. The van der Waals surface area contributed by atoms with Crippen LogP contribution in [0.2, 0.25) is 0 Å². The van der Waals surface area contributed by atoms with Crippen molar-refractivity contribution >= 4 is 34.0 Å². The van der Waals surface area contributed by atoms with Gasteiger partial charge in [0.15, 0.2) is 5.69 Å². The van der Waals surface area contributed by atoms with Gasteiger partial charge in [-0.1, -0.05) is 17.4 Å². The van der Waals surface area contributed by atoms with Gasteiger partial charge in [0.2, 0.25) is 5.79 Å². The molecule has 1 atom stereocenters. The Morgan fingerprint density at radius 3 is 2.54 bits per heavy atom. The summed E-state index contributed by atoms with van der Waals surface area (Å²) in [5.74, 6) is -3.57. The fourth-order valence-electron chi connectivity index (χ4n) is 4.30. The third-order valence-corrected chi connectivity index (χ3v) is 6.78. The molecule has 1 aromatic carbocycles. The highest BCUT2D eigenvalue weighted by Gasteiger charge is 2.41. The molecule has 39 heavy (non-hydrogen) atoms. The highest BCUT2D eigenvalue weighted by molar-refractivity contribution is 7.19. The Hall–Kier alpha value is -3.42. The Morgan fingerprint density at radius 2 is 1.92 bits per heavy atom. The Balaban J connectivity index is 1.72. The van der Waals surface area contributed by atoms with Crippen molar-refractivity contribution in [3.05, 3.63) is 47.4 Å². The first kappa shape index (κ1) is 28.6. The number of aromatic nitrogens is 3. The molecule has 2 N–H and O–H groups in total. The van der Waals surface area contributed by atoms with Gasteiger partial charge in [0.1, 0.15) is 32.9 Å². The van der Waals surface area contributed by atoms with E-state index in [1.165, 1.54) is 12.3 Å². The molecule has 1 aliphatic heterocycles. The summed E-state index contributed by atoms with van der Waals surface area (Å²) in [5, 5.41) is 9.37. The van der Waals surface area contributed by atoms with Crippen molar-refractivity contribution < 1.29 is 32.6 Å². The van der Waals surface area contributed by atoms with E-state index in [0.717, 1.165) is 36.3 Å². The van der Waals surface area contributed by atoms with Crippen molar-refractivity contribution in [1.82, 2.24) is 14.8 Å². The number of rotatable bonds is 7. The SMILES string of the molecule is CCOC1(c2c(NC(=O)c3nc(-c4c(F)cccc4F)sc3NC(=O)OC(C)(C)C)cnn2C)CCCCO1. The summed E-state index contributed by atoms with van der Waals surface area (Å²) in [5.41, 5.74) is -0.673. The molecule has 1 fully saturated rings. The number of hydrogen-bond acceptors (Lipinski definition) is 8. The van der Waals surface area contributed by atoms with Crippen LogP contribution in [0.25, 0.3) is 10.6 Å². The van der Waals surface area contributed by atoms with E-state index in [2.05, 4.69) is 20.7 Å². The number of nitrogens with zero attached hydrogens (tertiary/aromatic N) is 3. The lowest BCUT2D eigenvalue weighted by Gasteiger charge is -2.37. The Morgan fingerprint density at radius 1 is 1.21 bits per heavy atom. The number of anilines is 2. The van der Waals surface area contributed by atoms with Crippen molar-refractivity contribution in [2.75, 3.05) is 23.8 Å². The molecule has 13 heteroatoms. The molecular weight excluding hydrogens is 532 g/mol. The molecule has 0 spiro atoms. The van der Waals surface area contributed by atoms with Gasteiger partial charge in [-0.15, -0.1) is 0 Å². The van der Waals surface area contributed by atoms with Crippen molar-refractivity contribution in [3.63, 3.8) is 0 Å². The number of halogens is 2. The molecule has 1 aliphatic rings. The van der Waals surface area contributed by atoms with Gasteiger partial charge in [-0.3, -0.25) is 14.8 Å². The van der Waals surface area contributed by atoms with Crippen LogP contribution >= 0.6 is 11.3 Å². The number of benzene rings is 1. The minimum atomic E-state index is -1.11. The zero-order valence-corrected chi connectivity index (χ0v) is 23.2. The summed E-state index contributed by atoms with van der Waals surface area (Å²) in [6, 6.07) is 3.39. The van der Waals surface area contributed by atoms with E-state index in [1.807, 2.05) is 6.92 Å². The lowest BCUT2D eigenvalue weighted by molar-refractivity contribution is -0.266. The summed E-state index contributed by atoms with van der Waals surface area (Å²) in [6.45, 7) is 7.73. The van der Waals surface area contributed by atoms with Gasteiger partial charge in [-0.25, -0.2) is 18.6 Å². The maximum absolute atomic E-state index is 14.6. The average Bonchev–Trinajstić information content (AvgIpc) is 3.42. The van der Waals surface area contributed by atoms with E-state index in [9.17, 15) is 18.4 Å². The minimum absolute atomic E-state index is 0.0433. The summed E-state index contributed by atoms with van der Waals surface area (Å²) in [6.07, 6.45) is 2.89. The van der Waals surface area contributed by atoms with E-state index < -0.39 is 40.6 Å². The van der Waals surface area contributed by atoms with Gasteiger partial charge >= 0.3 is 6.09 Å². The van der Waals surface area contributed by atoms with Gasteiger partial charge in [-0.05, 0) is 52.7 Å². The van der Waals surface area contributed by atoms with Crippen LogP contribution < -0.4 is 10.6 Å². The molecule has 2 amide bonds. The molecule has 0 aliphatic carbocycles. The fraction of sp³-hybridized carbons (Fsp3) is 0.462. The van der Waals surface area contributed by atoms with Crippen LogP contribution in [-0.2, 0) is 27.0 Å². The molecule has 3 aromatic rings. The van der Waals surface area contributed by atoms with Gasteiger partial charge in [-0.2, -0.15) is 5.10 Å². The molecule has 210 valence electrons. The summed E-state index contributed by atoms with van der Waals surface area (Å²) < 4.78 is 48.1. The molecule has 2 aromatic heterocycles. The predicted octanol–water partition coefficient (Wildman–Crippen LogP) is 5.81. The standard InChI is InChI=1S/C26H31F2N5O5S/c1-6-36-26(12-7-8-13-37-26)20-17(14-29-33(20)5)30-21(34)19-23(32-24(35)38-25(2,3)4)39-22(31-19)18-15(27)10-9-11-16(18)28/h9-11,14H,6-8,12-13H2,1-5H3,(H,30,34)(H,32,35). The van der Waals surface area contributed by atoms with Crippen LogP contribution in [0.1, 0.15) is 63.1 Å². The van der Waals surface area contributed by atoms with Gasteiger partial charge in [0.05, 0.1) is 24.1 Å². The molecule has 1 saturated heterocycles. The largest absolute Gasteiger partial charge is 0.444 e. The van der Waals surface area contributed by atoms with Gasteiger partial charge in [0, 0.05) is 20.1 Å². The number of hydrogen-bond donors (Lipinski definition) is 2. The number of aryl methyl sites for hydroxylation is 1. The average molecular weight is 564 g/mol. The Bertz CT molecular complexity index is 1340. The first-order chi connectivity index (χ1) is 18.4. The van der Waals surface area contributed by atoms with Crippen molar-refractivity contribution in [2.24, 2.45) is 7.05 Å². The Labute approximate surface area is 228 Å². The van der Waals surface area contributed by atoms with Crippen LogP contribution in [0.15, 0.2) is 24.4 Å². The number of ether oxygens (including phenoxy) is 3. The number of carbonyl (C=O) groups is 2. The second-order valence-corrected chi connectivity index (χ2v) is 10.9. The van der Waals surface area contributed by atoms with E-state index in [1.54, 1.807) is 32.5 Å². The summed E-state index contributed by atoms with van der Waals surface area (Å²) >= 11 is 0.745. The first-order valence-electron chi connectivity index (χ1n) is 12.5. The maximum Gasteiger partial charge on any atom is 0.412 e. The molecular formula is C26H31F2N5O5S. The topological polar surface area (TPSA) is 117 Å². The van der Waals surface area contributed by atoms with E-state index in [-0.39, 0.29) is 15.7 Å². The molecule has 4 rings (SSSR count). The van der Waals surface area contributed by atoms with Crippen LogP contribution in [0.3, 0.4) is 0 Å².